The van der Waals surface area contributed by atoms with E-state index < -0.39 is 5.82 Å². The second-order valence-corrected chi connectivity index (χ2v) is 4.63. The third kappa shape index (κ3) is 3.40. The van der Waals surface area contributed by atoms with Gasteiger partial charge in [0.05, 0.1) is 12.1 Å². The summed E-state index contributed by atoms with van der Waals surface area (Å²) < 4.78 is 24.2. The molecule has 2 aromatic rings. The molecular weight excluding hydrogens is 281 g/mol. The molecule has 0 radical (unpaired) electrons. The molecular formula is C15H15ClFNO2. The Balaban J connectivity index is 2.15. The molecule has 106 valence electrons. The minimum atomic E-state index is -0.463. The van der Waals surface area contributed by atoms with Gasteiger partial charge in [0.15, 0.2) is 11.5 Å². The maximum Gasteiger partial charge on any atom is 0.161 e. The summed E-state index contributed by atoms with van der Waals surface area (Å²) in [6.45, 7) is 0.633. The summed E-state index contributed by atoms with van der Waals surface area (Å²) >= 11 is 5.64. The van der Waals surface area contributed by atoms with E-state index in [0.717, 1.165) is 5.56 Å². The van der Waals surface area contributed by atoms with Gasteiger partial charge in [0.2, 0.25) is 0 Å². The topological polar surface area (TPSA) is 44.5 Å². The van der Waals surface area contributed by atoms with E-state index in [1.165, 1.54) is 12.1 Å². The highest BCUT2D eigenvalue weighted by atomic mass is 35.5. The summed E-state index contributed by atoms with van der Waals surface area (Å²) in [5.41, 5.74) is 7.21. The maximum atomic E-state index is 13.3. The zero-order chi connectivity index (χ0) is 14.5. The van der Waals surface area contributed by atoms with Crippen LogP contribution in [0.1, 0.15) is 11.1 Å². The smallest absolute Gasteiger partial charge is 0.161 e. The van der Waals surface area contributed by atoms with Crippen molar-refractivity contribution in [2.24, 2.45) is 5.73 Å². The van der Waals surface area contributed by atoms with Crippen LogP contribution in [0, 0.1) is 5.82 Å². The molecule has 0 amide bonds. The van der Waals surface area contributed by atoms with E-state index in [-0.39, 0.29) is 11.6 Å². The molecule has 0 unspecified atom stereocenters. The lowest BCUT2D eigenvalue weighted by Gasteiger charge is -2.12. The number of rotatable bonds is 5. The van der Waals surface area contributed by atoms with Gasteiger partial charge < -0.3 is 15.2 Å². The molecule has 0 heterocycles. The summed E-state index contributed by atoms with van der Waals surface area (Å²) in [4.78, 5) is 0. The predicted octanol–water partition coefficient (Wildman–Crippen LogP) is 3.53. The second-order valence-electron chi connectivity index (χ2n) is 4.23. The van der Waals surface area contributed by atoms with E-state index in [4.69, 9.17) is 26.8 Å². The number of ether oxygens (including phenoxy) is 2. The monoisotopic (exact) mass is 295 g/mol. The van der Waals surface area contributed by atoms with Gasteiger partial charge in [-0.15, -0.1) is 0 Å². The summed E-state index contributed by atoms with van der Waals surface area (Å²) in [5, 5.41) is 0.0939. The van der Waals surface area contributed by atoms with E-state index in [0.29, 0.717) is 23.6 Å². The fourth-order valence-corrected chi connectivity index (χ4v) is 1.87. The lowest BCUT2D eigenvalue weighted by atomic mass is 10.2. The lowest BCUT2D eigenvalue weighted by Crippen LogP contribution is -2.01. The van der Waals surface area contributed by atoms with E-state index in [1.54, 1.807) is 19.2 Å². The van der Waals surface area contributed by atoms with Crippen molar-refractivity contribution in [2.45, 2.75) is 13.2 Å². The molecule has 0 fully saturated rings. The third-order valence-electron chi connectivity index (χ3n) is 2.84. The van der Waals surface area contributed by atoms with E-state index in [2.05, 4.69) is 0 Å². The minimum absolute atomic E-state index is 0.0939. The van der Waals surface area contributed by atoms with Crippen LogP contribution in [0.2, 0.25) is 5.02 Å². The van der Waals surface area contributed by atoms with Crippen molar-refractivity contribution in [3.05, 3.63) is 58.4 Å². The van der Waals surface area contributed by atoms with Crippen molar-refractivity contribution in [1.29, 1.82) is 0 Å². The highest BCUT2D eigenvalue weighted by molar-refractivity contribution is 6.30. The van der Waals surface area contributed by atoms with Gasteiger partial charge in [-0.2, -0.15) is 0 Å². The van der Waals surface area contributed by atoms with Crippen LogP contribution in [0.3, 0.4) is 0 Å². The van der Waals surface area contributed by atoms with Crippen LogP contribution >= 0.6 is 11.6 Å². The Hall–Kier alpha value is -1.78. The van der Waals surface area contributed by atoms with Gasteiger partial charge in [-0.05, 0) is 35.4 Å². The maximum absolute atomic E-state index is 13.3. The van der Waals surface area contributed by atoms with E-state index >= 15 is 0 Å². The Bertz CT molecular complexity index is 604. The Kier molecular flexibility index (Phi) is 4.82. The molecule has 20 heavy (non-hydrogen) atoms. The number of halogens is 2. The summed E-state index contributed by atoms with van der Waals surface area (Å²) in [6.07, 6.45) is 0. The highest BCUT2D eigenvalue weighted by Gasteiger charge is 2.07. The summed E-state index contributed by atoms with van der Waals surface area (Å²) in [5.74, 6) is 0.720. The summed E-state index contributed by atoms with van der Waals surface area (Å²) in [7, 11) is 1.56. The Labute approximate surface area is 122 Å². The first-order valence-electron chi connectivity index (χ1n) is 6.07. The normalized spacial score (nSPS) is 10.4. The molecule has 0 spiro atoms. The van der Waals surface area contributed by atoms with Gasteiger partial charge in [-0.3, -0.25) is 0 Å². The molecule has 0 aliphatic rings. The zero-order valence-corrected chi connectivity index (χ0v) is 11.8. The molecule has 0 aliphatic heterocycles. The average Bonchev–Trinajstić information content (AvgIpc) is 2.48. The van der Waals surface area contributed by atoms with Gasteiger partial charge in [0.1, 0.15) is 12.4 Å². The molecule has 0 saturated carbocycles. The standard InChI is InChI=1S/C15H15ClFNO2/c1-19-14-5-3-10(8-18)7-15(14)20-9-11-2-4-12(16)13(17)6-11/h2-7H,8-9,18H2,1H3. The van der Waals surface area contributed by atoms with Crippen molar-refractivity contribution in [3.63, 3.8) is 0 Å². The highest BCUT2D eigenvalue weighted by Crippen LogP contribution is 2.29. The SMILES string of the molecule is COc1ccc(CN)cc1OCc1ccc(Cl)c(F)c1. The predicted molar refractivity (Wildman–Crippen MR) is 76.6 cm³/mol. The van der Waals surface area contributed by atoms with Gasteiger partial charge in [0.25, 0.3) is 0 Å². The number of methoxy groups -OCH3 is 1. The van der Waals surface area contributed by atoms with Crippen LogP contribution in [0.25, 0.3) is 0 Å². The van der Waals surface area contributed by atoms with Crippen LogP contribution in [0.5, 0.6) is 11.5 Å². The Morgan fingerprint density at radius 3 is 2.50 bits per heavy atom. The molecule has 0 atom stereocenters. The fraction of sp³-hybridized carbons (Fsp3) is 0.200. The second kappa shape index (κ2) is 6.59. The van der Waals surface area contributed by atoms with Crippen LogP contribution in [0.15, 0.2) is 36.4 Å². The number of nitrogens with two attached hydrogens (primary N) is 1. The first kappa shape index (κ1) is 14.6. The van der Waals surface area contributed by atoms with Gasteiger partial charge in [0, 0.05) is 6.54 Å². The molecule has 0 aliphatic carbocycles. The minimum Gasteiger partial charge on any atom is -0.493 e. The fourth-order valence-electron chi connectivity index (χ4n) is 1.75. The average molecular weight is 296 g/mol. The van der Waals surface area contributed by atoms with Crippen LogP contribution in [-0.4, -0.2) is 7.11 Å². The molecule has 5 heteroatoms. The van der Waals surface area contributed by atoms with Crippen molar-refractivity contribution >= 4 is 11.6 Å². The summed E-state index contributed by atoms with van der Waals surface area (Å²) in [6, 6.07) is 10.0. The molecule has 2 N–H and O–H groups in total. The Morgan fingerprint density at radius 2 is 1.85 bits per heavy atom. The Morgan fingerprint density at radius 1 is 1.10 bits per heavy atom. The van der Waals surface area contributed by atoms with Crippen LogP contribution < -0.4 is 15.2 Å². The van der Waals surface area contributed by atoms with Crippen molar-refractivity contribution in [2.75, 3.05) is 7.11 Å². The van der Waals surface area contributed by atoms with Gasteiger partial charge in [-0.25, -0.2) is 4.39 Å². The molecule has 2 rings (SSSR count). The number of hydrogen-bond acceptors (Lipinski definition) is 3. The van der Waals surface area contributed by atoms with Crippen LogP contribution in [-0.2, 0) is 13.2 Å². The van der Waals surface area contributed by atoms with Crippen molar-refractivity contribution in [3.8, 4) is 11.5 Å². The first-order valence-corrected chi connectivity index (χ1v) is 6.45. The quantitative estimate of drug-likeness (QED) is 0.918. The zero-order valence-electron chi connectivity index (χ0n) is 11.0. The van der Waals surface area contributed by atoms with E-state index in [1.807, 2.05) is 12.1 Å². The molecule has 3 nitrogen and oxygen atoms in total. The molecule has 0 saturated heterocycles. The first-order chi connectivity index (χ1) is 9.63. The van der Waals surface area contributed by atoms with Crippen molar-refractivity contribution in [1.82, 2.24) is 0 Å². The third-order valence-corrected chi connectivity index (χ3v) is 3.15. The molecule has 2 aromatic carbocycles. The van der Waals surface area contributed by atoms with Gasteiger partial charge >= 0.3 is 0 Å². The van der Waals surface area contributed by atoms with E-state index in [9.17, 15) is 4.39 Å². The van der Waals surface area contributed by atoms with Crippen LogP contribution in [0.4, 0.5) is 4.39 Å². The largest absolute Gasteiger partial charge is 0.493 e. The number of benzene rings is 2. The van der Waals surface area contributed by atoms with Crippen molar-refractivity contribution < 1.29 is 13.9 Å². The van der Waals surface area contributed by atoms with Gasteiger partial charge in [-0.1, -0.05) is 23.7 Å². The molecule has 0 bridgehead atoms. The number of hydrogen-bond donors (Lipinski definition) is 1. The lowest BCUT2D eigenvalue weighted by molar-refractivity contribution is 0.283. The molecule has 0 aromatic heterocycles.